The van der Waals surface area contributed by atoms with Crippen LogP contribution in [0.1, 0.15) is 25.0 Å². The predicted octanol–water partition coefficient (Wildman–Crippen LogP) is 4.68. The summed E-state index contributed by atoms with van der Waals surface area (Å²) in [5.41, 5.74) is 1.46. The van der Waals surface area contributed by atoms with Gasteiger partial charge >= 0.3 is 0 Å². The number of hydrogen-bond acceptors (Lipinski definition) is 2. The quantitative estimate of drug-likeness (QED) is 0.876. The van der Waals surface area contributed by atoms with Gasteiger partial charge < -0.3 is 5.32 Å². The number of benzene rings is 1. The standard InChI is InChI=1S/C16H18BrFN2/c1-11-8-12(17)9-19-15(11)20-10-16(2,3)13-6-4-5-7-14(13)18/h4-9H,10H2,1-3H3,(H,19,20). The third kappa shape index (κ3) is 3.37. The van der Waals surface area contributed by atoms with E-state index in [9.17, 15) is 4.39 Å². The molecule has 1 aromatic heterocycles. The molecule has 20 heavy (non-hydrogen) atoms. The van der Waals surface area contributed by atoms with Crippen LogP contribution in [0.4, 0.5) is 10.2 Å². The van der Waals surface area contributed by atoms with Crippen molar-refractivity contribution in [2.75, 3.05) is 11.9 Å². The van der Waals surface area contributed by atoms with E-state index in [2.05, 4.69) is 26.2 Å². The molecule has 2 aromatic rings. The lowest BCUT2D eigenvalue weighted by atomic mass is 9.84. The fourth-order valence-corrected chi connectivity index (χ4v) is 2.58. The van der Waals surface area contributed by atoms with Gasteiger partial charge in [-0.1, -0.05) is 32.0 Å². The van der Waals surface area contributed by atoms with Gasteiger partial charge in [-0.3, -0.25) is 0 Å². The monoisotopic (exact) mass is 336 g/mol. The molecular weight excluding hydrogens is 319 g/mol. The molecule has 0 radical (unpaired) electrons. The molecule has 0 fully saturated rings. The summed E-state index contributed by atoms with van der Waals surface area (Å²) in [7, 11) is 0. The largest absolute Gasteiger partial charge is 0.369 e. The molecule has 0 aliphatic heterocycles. The molecule has 0 saturated heterocycles. The van der Waals surface area contributed by atoms with Crippen molar-refractivity contribution in [2.45, 2.75) is 26.2 Å². The Balaban J connectivity index is 2.15. The highest BCUT2D eigenvalue weighted by Gasteiger charge is 2.24. The van der Waals surface area contributed by atoms with E-state index < -0.39 is 0 Å². The van der Waals surface area contributed by atoms with Crippen molar-refractivity contribution in [2.24, 2.45) is 0 Å². The van der Waals surface area contributed by atoms with Gasteiger partial charge in [-0.2, -0.15) is 0 Å². The molecule has 1 aromatic carbocycles. The highest BCUT2D eigenvalue weighted by molar-refractivity contribution is 9.10. The maximum atomic E-state index is 13.9. The molecule has 2 rings (SSSR count). The van der Waals surface area contributed by atoms with E-state index in [0.29, 0.717) is 12.1 Å². The summed E-state index contributed by atoms with van der Waals surface area (Å²) in [6.45, 7) is 6.65. The number of aryl methyl sites for hydroxylation is 1. The van der Waals surface area contributed by atoms with Crippen LogP contribution < -0.4 is 5.32 Å². The van der Waals surface area contributed by atoms with Gasteiger partial charge in [-0.15, -0.1) is 0 Å². The Labute approximate surface area is 127 Å². The van der Waals surface area contributed by atoms with E-state index in [4.69, 9.17) is 0 Å². The van der Waals surface area contributed by atoms with E-state index in [1.165, 1.54) is 6.07 Å². The number of halogens is 2. The van der Waals surface area contributed by atoms with Gasteiger partial charge in [0.25, 0.3) is 0 Å². The van der Waals surface area contributed by atoms with Crippen molar-refractivity contribution in [1.29, 1.82) is 0 Å². The Hall–Kier alpha value is -1.42. The normalized spacial score (nSPS) is 11.4. The van der Waals surface area contributed by atoms with Crippen LogP contribution in [0.2, 0.25) is 0 Å². The van der Waals surface area contributed by atoms with Crippen molar-refractivity contribution in [3.05, 3.63) is 57.9 Å². The van der Waals surface area contributed by atoms with E-state index >= 15 is 0 Å². The van der Waals surface area contributed by atoms with Crippen LogP contribution in [0.25, 0.3) is 0 Å². The fourth-order valence-electron chi connectivity index (χ4n) is 2.14. The first kappa shape index (κ1) is 15.0. The Morgan fingerprint density at radius 3 is 2.65 bits per heavy atom. The molecule has 1 N–H and O–H groups in total. The average Bonchev–Trinajstić information content (AvgIpc) is 2.38. The van der Waals surface area contributed by atoms with E-state index in [-0.39, 0.29) is 11.2 Å². The number of aromatic nitrogens is 1. The zero-order valence-corrected chi connectivity index (χ0v) is 13.5. The number of nitrogens with zero attached hydrogens (tertiary/aromatic N) is 1. The lowest BCUT2D eigenvalue weighted by molar-refractivity contribution is 0.504. The summed E-state index contributed by atoms with van der Waals surface area (Å²) in [6, 6.07) is 8.91. The SMILES string of the molecule is Cc1cc(Br)cnc1NCC(C)(C)c1ccccc1F. The Morgan fingerprint density at radius 1 is 1.30 bits per heavy atom. The minimum absolute atomic E-state index is 0.167. The first-order valence-electron chi connectivity index (χ1n) is 6.51. The highest BCUT2D eigenvalue weighted by atomic mass is 79.9. The third-order valence-electron chi connectivity index (χ3n) is 3.35. The number of nitrogens with one attached hydrogen (secondary N) is 1. The third-order valence-corrected chi connectivity index (χ3v) is 3.78. The molecule has 106 valence electrons. The van der Waals surface area contributed by atoms with Crippen LogP contribution in [0.3, 0.4) is 0 Å². The predicted molar refractivity (Wildman–Crippen MR) is 84.6 cm³/mol. The molecule has 0 aliphatic rings. The van der Waals surface area contributed by atoms with Crippen molar-refractivity contribution in [3.63, 3.8) is 0 Å². The maximum Gasteiger partial charge on any atom is 0.128 e. The first-order chi connectivity index (χ1) is 9.40. The molecule has 2 nitrogen and oxygen atoms in total. The van der Waals surface area contributed by atoms with Gasteiger partial charge in [-0.05, 0) is 46.1 Å². The summed E-state index contributed by atoms with van der Waals surface area (Å²) < 4.78 is 14.8. The highest BCUT2D eigenvalue weighted by Crippen LogP contribution is 2.26. The number of rotatable bonds is 4. The Kier molecular flexibility index (Phi) is 4.43. The van der Waals surface area contributed by atoms with E-state index in [1.54, 1.807) is 12.3 Å². The van der Waals surface area contributed by atoms with Gasteiger partial charge in [0.1, 0.15) is 11.6 Å². The second-order valence-corrected chi connectivity index (χ2v) is 6.45. The summed E-state index contributed by atoms with van der Waals surface area (Å²) in [4.78, 5) is 4.35. The summed E-state index contributed by atoms with van der Waals surface area (Å²) >= 11 is 3.39. The number of pyridine rings is 1. The first-order valence-corrected chi connectivity index (χ1v) is 7.30. The minimum Gasteiger partial charge on any atom is -0.369 e. The lowest BCUT2D eigenvalue weighted by Crippen LogP contribution is -2.29. The molecule has 0 atom stereocenters. The van der Waals surface area contributed by atoms with Crippen molar-refractivity contribution >= 4 is 21.7 Å². The van der Waals surface area contributed by atoms with Crippen molar-refractivity contribution < 1.29 is 4.39 Å². The van der Waals surface area contributed by atoms with Crippen LogP contribution >= 0.6 is 15.9 Å². The van der Waals surface area contributed by atoms with E-state index in [0.717, 1.165) is 15.9 Å². The van der Waals surface area contributed by atoms with Crippen LogP contribution in [0, 0.1) is 12.7 Å². The van der Waals surface area contributed by atoms with Crippen molar-refractivity contribution in [1.82, 2.24) is 4.98 Å². The van der Waals surface area contributed by atoms with E-state index in [1.807, 2.05) is 39.0 Å². The fraction of sp³-hybridized carbons (Fsp3) is 0.312. The smallest absolute Gasteiger partial charge is 0.128 e. The van der Waals surface area contributed by atoms with Gasteiger partial charge in [0.05, 0.1) is 0 Å². The number of hydrogen-bond donors (Lipinski definition) is 1. The second-order valence-electron chi connectivity index (χ2n) is 5.54. The molecule has 0 amide bonds. The molecule has 0 aliphatic carbocycles. The van der Waals surface area contributed by atoms with Crippen LogP contribution in [0.5, 0.6) is 0 Å². The van der Waals surface area contributed by atoms with Crippen molar-refractivity contribution in [3.8, 4) is 0 Å². The average molecular weight is 337 g/mol. The van der Waals surface area contributed by atoms with Gasteiger partial charge in [0.15, 0.2) is 0 Å². The Bertz CT molecular complexity index is 611. The van der Waals surface area contributed by atoms with Crippen LogP contribution in [0.15, 0.2) is 41.0 Å². The molecule has 0 spiro atoms. The van der Waals surface area contributed by atoms with Gasteiger partial charge in [0.2, 0.25) is 0 Å². The number of anilines is 1. The molecule has 0 bridgehead atoms. The lowest BCUT2D eigenvalue weighted by Gasteiger charge is -2.26. The Morgan fingerprint density at radius 2 is 2.00 bits per heavy atom. The zero-order valence-electron chi connectivity index (χ0n) is 11.9. The topological polar surface area (TPSA) is 24.9 Å². The van der Waals surface area contributed by atoms with Gasteiger partial charge in [0, 0.05) is 22.6 Å². The molecule has 0 saturated carbocycles. The maximum absolute atomic E-state index is 13.9. The molecular formula is C16H18BrFN2. The molecule has 0 unspecified atom stereocenters. The summed E-state index contributed by atoms with van der Waals surface area (Å²) in [5, 5.41) is 3.31. The second kappa shape index (κ2) is 5.92. The summed E-state index contributed by atoms with van der Waals surface area (Å²) in [5.74, 6) is 0.664. The van der Waals surface area contributed by atoms with Crippen LogP contribution in [-0.4, -0.2) is 11.5 Å². The minimum atomic E-state index is -0.313. The molecule has 1 heterocycles. The zero-order chi connectivity index (χ0) is 14.8. The molecule has 4 heteroatoms. The van der Waals surface area contributed by atoms with Crippen LogP contribution in [-0.2, 0) is 5.41 Å². The van der Waals surface area contributed by atoms with Gasteiger partial charge in [-0.25, -0.2) is 9.37 Å². The summed E-state index contributed by atoms with van der Waals surface area (Å²) in [6.07, 6.45) is 1.76.